The van der Waals surface area contributed by atoms with Crippen molar-refractivity contribution < 1.29 is 19.0 Å². The Morgan fingerprint density at radius 1 is 1.19 bits per heavy atom. The maximum atomic E-state index is 12.8. The monoisotopic (exact) mass is 366 g/mol. The van der Waals surface area contributed by atoms with Crippen LogP contribution in [0.5, 0.6) is 17.2 Å². The van der Waals surface area contributed by atoms with Crippen molar-refractivity contribution in [2.75, 3.05) is 27.4 Å². The molecule has 140 valence electrons. The maximum absolute atomic E-state index is 12.8. The van der Waals surface area contributed by atoms with E-state index in [-0.39, 0.29) is 18.6 Å². The Morgan fingerprint density at radius 2 is 2.00 bits per heavy atom. The van der Waals surface area contributed by atoms with Crippen molar-refractivity contribution in [3.63, 3.8) is 0 Å². The third-order valence-corrected chi connectivity index (χ3v) is 4.73. The van der Waals surface area contributed by atoms with Gasteiger partial charge in [0, 0.05) is 18.2 Å². The third kappa shape index (κ3) is 3.98. The van der Waals surface area contributed by atoms with Gasteiger partial charge in [-0.2, -0.15) is 5.26 Å². The van der Waals surface area contributed by atoms with E-state index in [9.17, 15) is 4.79 Å². The minimum Gasteiger partial charge on any atom is -0.497 e. The van der Waals surface area contributed by atoms with Gasteiger partial charge in [0.1, 0.15) is 23.3 Å². The second kappa shape index (κ2) is 8.45. The van der Waals surface area contributed by atoms with Crippen LogP contribution in [0.25, 0.3) is 0 Å². The number of nitriles is 1. The lowest BCUT2D eigenvalue weighted by atomic mass is 10.0. The van der Waals surface area contributed by atoms with E-state index in [0.29, 0.717) is 29.4 Å². The first-order chi connectivity index (χ1) is 13.2. The normalized spacial score (nSPS) is 15.9. The minimum absolute atomic E-state index is 0.0619. The van der Waals surface area contributed by atoms with Crippen LogP contribution in [0.3, 0.4) is 0 Å². The van der Waals surface area contributed by atoms with Gasteiger partial charge in [0.15, 0.2) is 6.61 Å². The number of likely N-dealkylation sites (tertiary alicyclic amines) is 1. The summed E-state index contributed by atoms with van der Waals surface area (Å²) in [7, 11) is 3.22. The number of para-hydroxylation sites is 1. The second-order valence-corrected chi connectivity index (χ2v) is 6.25. The van der Waals surface area contributed by atoms with Crippen molar-refractivity contribution in [3.8, 4) is 23.3 Å². The summed E-state index contributed by atoms with van der Waals surface area (Å²) in [6, 6.07) is 14.6. The average molecular weight is 366 g/mol. The Kier molecular flexibility index (Phi) is 5.82. The second-order valence-electron chi connectivity index (χ2n) is 6.25. The molecule has 0 bridgehead atoms. The van der Waals surface area contributed by atoms with Crippen molar-refractivity contribution in [2.24, 2.45) is 0 Å². The first-order valence-corrected chi connectivity index (χ1v) is 8.81. The van der Waals surface area contributed by atoms with Crippen molar-refractivity contribution >= 4 is 5.91 Å². The maximum Gasteiger partial charge on any atom is 0.261 e. The molecular weight excluding hydrogens is 344 g/mol. The van der Waals surface area contributed by atoms with Gasteiger partial charge < -0.3 is 19.1 Å². The fourth-order valence-electron chi connectivity index (χ4n) is 3.39. The molecule has 1 heterocycles. The summed E-state index contributed by atoms with van der Waals surface area (Å²) in [5.41, 5.74) is 1.38. The molecule has 6 heteroatoms. The summed E-state index contributed by atoms with van der Waals surface area (Å²) in [5.74, 6) is 1.73. The molecule has 1 fully saturated rings. The Hall–Kier alpha value is -3.20. The molecule has 0 radical (unpaired) electrons. The van der Waals surface area contributed by atoms with Gasteiger partial charge in [-0.05, 0) is 37.1 Å². The molecule has 1 aliphatic heterocycles. The number of ether oxygens (including phenoxy) is 3. The molecule has 0 spiro atoms. The quantitative estimate of drug-likeness (QED) is 0.784. The Labute approximate surface area is 158 Å². The first kappa shape index (κ1) is 18.6. The van der Waals surface area contributed by atoms with Gasteiger partial charge in [0.2, 0.25) is 0 Å². The zero-order valence-corrected chi connectivity index (χ0v) is 15.5. The van der Waals surface area contributed by atoms with E-state index in [2.05, 4.69) is 6.07 Å². The van der Waals surface area contributed by atoms with Gasteiger partial charge in [0.25, 0.3) is 5.91 Å². The summed E-state index contributed by atoms with van der Waals surface area (Å²) in [6.45, 7) is 0.565. The molecule has 1 atom stereocenters. The number of carbonyl (C=O) groups is 1. The number of methoxy groups -OCH3 is 2. The lowest BCUT2D eigenvalue weighted by molar-refractivity contribution is -0.134. The molecule has 2 aromatic carbocycles. The van der Waals surface area contributed by atoms with E-state index in [1.54, 1.807) is 38.5 Å². The lowest BCUT2D eigenvalue weighted by Gasteiger charge is -2.26. The first-order valence-electron chi connectivity index (χ1n) is 8.81. The SMILES string of the molecule is COc1ccc(C2CCCN2C(=O)COc2ccccc2C#N)c(OC)c1. The lowest BCUT2D eigenvalue weighted by Crippen LogP contribution is -2.34. The highest BCUT2D eigenvalue weighted by molar-refractivity contribution is 5.79. The molecule has 1 aliphatic rings. The molecule has 0 aromatic heterocycles. The van der Waals surface area contributed by atoms with Crippen LogP contribution in [0.4, 0.5) is 0 Å². The molecule has 1 saturated heterocycles. The van der Waals surface area contributed by atoms with Crippen LogP contribution in [0.2, 0.25) is 0 Å². The molecule has 27 heavy (non-hydrogen) atoms. The van der Waals surface area contributed by atoms with Gasteiger partial charge >= 0.3 is 0 Å². The highest BCUT2D eigenvalue weighted by Gasteiger charge is 2.32. The van der Waals surface area contributed by atoms with Crippen LogP contribution in [0, 0.1) is 11.3 Å². The largest absolute Gasteiger partial charge is 0.497 e. The van der Waals surface area contributed by atoms with Gasteiger partial charge in [-0.3, -0.25) is 4.79 Å². The number of nitrogens with zero attached hydrogens (tertiary/aromatic N) is 2. The van der Waals surface area contributed by atoms with E-state index in [4.69, 9.17) is 19.5 Å². The van der Waals surface area contributed by atoms with E-state index < -0.39 is 0 Å². The number of amides is 1. The fraction of sp³-hybridized carbons (Fsp3) is 0.333. The van der Waals surface area contributed by atoms with E-state index in [0.717, 1.165) is 18.4 Å². The predicted molar refractivity (Wildman–Crippen MR) is 99.9 cm³/mol. The van der Waals surface area contributed by atoms with Gasteiger partial charge in [0.05, 0.1) is 25.8 Å². The molecule has 6 nitrogen and oxygen atoms in total. The standard InChI is InChI=1S/C21H22N2O4/c1-25-16-9-10-17(20(12-16)26-2)18-7-5-11-23(18)21(24)14-27-19-8-4-3-6-15(19)13-22/h3-4,6,8-10,12,18H,5,7,11,14H2,1-2H3. The number of hydrogen-bond acceptors (Lipinski definition) is 5. The zero-order chi connectivity index (χ0) is 19.2. The summed E-state index contributed by atoms with van der Waals surface area (Å²) in [5, 5.41) is 9.14. The molecule has 2 aromatic rings. The van der Waals surface area contributed by atoms with Gasteiger partial charge in [-0.15, -0.1) is 0 Å². The average Bonchev–Trinajstić information content (AvgIpc) is 3.21. The summed E-state index contributed by atoms with van der Waals surface area (Å²) in [6.07, 6.45) is 1.78. The minimum atomic E-state index is -0.108. The van der Waals surface area contributed by atoms with Crippen molar-refractivity contribution in [1.29, 1.82) is 5.26 Å². The zero-order valence-electron chi connectivity index (χ0n) is 15.5. The smallest absolute Gasteiger partial charge is 0.261 e. The number of hydrogen-bond donors (Lipinski definition) is 0. The van der Waals surface area contributed by atoms with Crippen LogP contribution < -0.4 is 14.2 Å². The van der Waals surface area contributed by atoms with Crippen LogP contribution in [0.15, 0.2) is 42.5 Å². The number of benzene rings is 2. The molecule has 0 N–H and O–H groups in total. The van der Waals surface area contributed by atoms with Crippen molar-refractivity contribution in [1.82, 2.24) is 4.90 Å². The Morgan fingerprint density at radius 3 is 2.74 bits per heavy atom. The van der Waals surface area contributed by atoms with Crippen LogP contribution in [-0.4, -0.2) is 38.2 Å². The predicted octanol–water partition coefficient (Wildman–Crippen LogP) is 3.32. The Balaban J connectivity index is 1.74. The van der Waals surface area contributed by atoms with Crippen LogP contribution in [0.1, 0.15) is 30.0 Å². The fourth-order valence-corrected chi connectivity index (χ4v) is 3.39. The summed E-state index contributed by atoms with van der Waals surface area (Å²) < 4.78 is 16.4. The van der Waals surface area contributed by atoms with Crippen LogP contribution in [-0.2, 0) is 4.79 Å². The molecule has 3 rings (SSSR count). The molecule has 1 unspecified atom stereocenters. The van der Waals surface area contributed by atoms with Gasteiger partial charge in [-0.1, -0.05) is 12.1 Å². The third-order valence-electron chi connectivity index (χ3n) is 4.73. The van der Waals surface area contributed by atoms with E-state index >= 15 is 0 Å². The highest BCUT2D eigenvalue weighted by atomic mass is 16.5. The van der Waals surface area contributed by atoms with Crippen LogP contribution >= 0.6 is 0 Å². The van der Waals surface area contributed by atoms with Gasteiger partial charge in [-0.25, -0.2) is 0 Å². The summed E-state index contributed by atoms with van der Waals surface area (Å²) >= 11 is 0. The van der Waals surface area contributed by atoms with Crippen molar-refractivity contribution in [2.45, 2.75) is 18.9 Å². The number of carbonyl (C=O) groups excluding carboxylic acids is 1. The Bertz CT molecular complexity index is 860. The molecule has 0 saturated carbocycles. The highest BCUT2D eigenvalue weighted by Crippen LogP contribution is 2.38. The van der Waals surface area contributed by atoms with E-state index in [1.807, 2.05) is 23.1 Å². The topological polar surface area (TPSA) is 71.8 Å². The molecular formula is C21H22N2O4. The molecule has 1 amide bonds. The summed E-state index contributed by atoms with van der Waals surface area (Å²) in [4.78, 5) is 14.6. The molecule has 0 aliphatic carbocycles. The number of rotatable bonds is 6. The van der Waals surface area contributed by atoms with E-state index in [1.165, 1.54) is 0 Å². The van der Waals surface area contributed by atoms with Crippen molar-refractivity contribution in [3.05, 3.63) is 53.6 Å².